The third-order valence-electron chi connectivity index (χ3n) is 3.48. The van der Waals surface area contributed by atoms with E-state index in [1.54, 1.807) is 0 Å². The summed E-state index contributed by atoms with van der Waals surface area (Å²) >= 11 is 0. The minimum atomic E-state index is -1.55. The Morgan fingerprint density at radius 1 is 1.07 bits per heavy atom. The smallest absolute Gasteiger partial charge is 0.294 e. The Morgan fingerprint density at radius 2 is 1.70 bits per heavy atom. The predicted octanol–water partition coefficient (Wildman–Crippen LogP) is -0.192. The first kappa shape index (κ1) is 22.2. The van der Waals surface area contributed by atoms with Crippen molar-refractivity contribution in [3.63, 3.8) is 0 Å². The molecule has 1 N–H and O–H groups in total. The number of nitrogens with zero attached hydrogens (tertiary/aromatic N) is 4. The van der Waals surface area contributed by atoms with E-state index in [-0.39, 0.29) is 6.10 Å². The lowest BCUT2D eigenvalue weighted by Gasteiger charge is -2.26. The highest BCUT2D eigenvalue weighted by Gasteiger charge is 2.26. The van der Waals surface area contributed by atoms with Crippen LogP contribution in [0.2, 0.25) is 0 Å². The third kappa shape index (κ3) is 7.49. The average Bonchev–Trinajstić information content (AvgIpc) is 3.24. The molecule has 0 aliphatic carbocycles. The molecule has 1 aromatic carbocycles. The molecule has 0 amide bonds. The molecule has 2 aliphatic heterocycles. The highest BCUT2D eigenvalue weighted by Crippen LogP contribution is 2.31. The van der Waals surface area contributed by atoms with Crippen LogP contribution in [0.1, 0.15) is 0 Å². The Hall–Kier alpha value is -4.11. The Bertz CT molecular complexity index is 771. The number of fused-ring (bicyclic) bond motifs is 1. The molecule has 2 aliphatic rings. The van der Waals surface area contributed by atoms with Crippen LogP contribution in [-0.2, 0) is 14.5 Å². The zero-order valence-electron chi connectivity index (χ0n) is 15.3. The van der Waals surface area contributed by atoms with E-state index in [0.717, 1.165) is 30.4 Å². The fraction of sp³-hybridized carbons (Fsp3) is 0.500. The van der Waals surface area contributed by atoms with Crippen molar-refractivity contribution in [1.82, 2.24) is 5.32 Å². The van der Waals surface area contributed by atoms with Gasteiger partial charge in [-0.05, 0) is 12.1 Å². The maximum atomic E-state index is 9.83. The van der Waals surface area contributed by atoms with Crippen LogP contribution in [0.3, 0.4) is 0 Å². The van der Waals surface area contributed by atoms with Crippen LogP contribution in [0.5, 0.6) is 11.5 Å². The lowest BCUT2D eigenvalue weighted by atomic mass is 10.2. The van der Waals surface area contributed by atoms with Crippen molar-refractivity contribution in [2.75, 3.05) is 32.9 Å². The summed E-state index contributed by atoms with van der Waals surface area (Å²) in [7, 11) is 0. The summed E-state index contributed by atoms with van der Waals surface area (Å²) in [5.74, 6) is 2.52. The molecule has 0 radical (unpaired) electrons. The number of hydrogen-bond acceptors (Lipinski definition) is 13. The van der Waals surface area contributed by atoms with Gasteiger partial charge in [-0.1, -0.05) is 12.1 Å². The molecule has 1 unspecified atom stereocenters. The number of rotatable bonds is 9. The molecule has 1 aromatic rings. The molecule has 0 bridgehead atoms. The van der Waals surface area contributed by atoms with Crippen molar-refractivity contribution in [2.24, 2.45) is 4.99 Å². The second kappa shape index (κ2) is 11.0. The summed E-state index contributed by atoms with van der Waals surface area (Å²) in [5, 5.41) is 28.7. The van der Waals surface area contributed by atoms with E-state index in [1.165, 1.54) is 0 Å². The maximum absolute atomic E-state index is 9.83. The zero-order chi connectivity index (χ0) is 21.9. The Kier molecular flexibility index (Phi) is 8.15. The van der Waals surface area contributed by atoms with Crippen molar-refractivity contribution in [3.05, 3.63) is 54.6 Å². The molecule has 3 rings (SSSR count). The fourth-order valence-corrected chi connectivity index (χ4v) is 2.30. The summed E-state index contributed by atoms with van der Waals surface area (Å²) in [6, 6.07) is 7.70. The van der Waals surface area contributed by atoms with Crippen LogP contribution in [0, 0.1) is 30.3 Å². The number of nitrogens with one attached hydrogen (secondary N) is 1. The van der Waals surface area contributed by atoms with Crippen LogP contribution in [0.15, 0.2) is 29.3 Å². The van der Waals surface area contributed by atoms with E-state index in [4.69, 9.17) is 9.47 Å². The molecule has 16 heteroatoms. The first-order chi connectivity index (χ1) is 14.3. The van der Waals surface area contributed by atoms with E-state index in [2.05, 4.69) is 24.8 Å². The van der Waals surface area contributed by atoms with Crippen LogP contribution in [-0.4, -0.2) is 66.2 Å². The van der Waals surface area contributed by atoms with Gasteiger partial charge in [-0.15, -0.1) is 30.3 Å². The lowest BCUT2D eigenvalue weighted by Crippen LogP contribution is -2.42. The molecule has 0 spiro atoms. The van der Waals surface area contributed by atoms with Gasteiger partial charge >= 0.3 is 0 Å². The minimum absolute atomic E-state index is 0.0811. The van der Waals surface area contributed by atoms with Crippen molar-refractivity contribution in [1.29, 1.82) is 0 Å². The van der Waals surface area contributed by atoms with Gasteiger partial charge in [0.1, 0.15) is 25.7 Å². The van der Waals surface area contributed by atoms with Gasteiger partial charge in [0, 0.05) is 6.54 Å². The van der Waals surface area contributed by atoms with E-state index in [0.29, 0.717) is 6.61 Å². The molecule has 1 atom stereocenters. The van der Waals surface area contributed by atoms with Gasteiger partial charge in [-0.3, -0.25) is 4.99 Å². The molecular formula is C14H17N5O11. The third-order valence-corrected chi connectivity index (χ3v) is 3.48. The number of para-hydroxylation sites is 2. The summed E-state index contributed by atoms with van der Waals surface area (Å²) in [4.78, 5) is 44.9. The molecule has 0 saturated heterocycles. The van der Waals surface area contributed by atoms with Crippen LogP contribution in [0.25, 0.3) is 0 Å². The van der Waals surface area contributed by atoms with Gasteiger partial charge in [0.05, 0.1) is 6.54 Å². The molecular weight excluding hydrogens is 414 g/mol. The van der Waals surface area contributed by atoms with Gasteiger partial charge in [0.15, 0.2) is 23.7 Å². The minimum Gasteiger partial charge on any atom is -0.485 e. The first-order valence-corrected chi connectivity index (χ1v) is 8.37. The highest BCUT2D eigenvalue weighted by molar-refractivity contribution is 5.88. The number of hydrogen-bond donors (Lipinski definition) is 1. The molecule has 0 fully saturated rings. The largest absolute Gasteiger partial charge is 0.485 e. The normalized spacial score (nSPS) is 16.3. The predicted molar refractivity (Wildman–Crippen MR) is 94.4 cm³/mol. The van der Waals surface area contributed by atoms with Crippen LogP contribution < -0.4 is 14.8 Å². The van der Waals surface area contributed by atoms with Crippen LogP contribution >= 0.6 is 0 Å². The van der Waals surface area contributed by atoms with Crippen molar-refractivity contribution >= 4 is 5.84 Å². The highest BCUT2D eigenvalue weighted by atomic mass is 17.0. The molecule has 164 valence electrons. The Morgan fingerprint density at radius 3 is 2.23 bits per heavy atom. The molecule has 0 saturated carbocycles. The topological polar surface area (TPSA) is 200 Å². The van der Waals surface area contributed by atoms with Gasteiger partial charge in [-0.2, -0.15) is 0 Å². The van der Waals surface area contributed by atoms with E-state index in [9.17, 15) is 30.3 Å². The average molecular weight is 431 g/mol. The zero-order valence-corrected chi connectivity index (χ0v) is 15.3. The van der Waals surface area contributed by atoms with Crippen molar-refractivity contribution < 1.29 is 39.2 Å². The number of benzene rings is 1. The maximum Gasteiger partial charge on any atom is 0.294 e. The Balaban J connectivity index is 0.000000214. The summed E-state index contributed by atoms with van der Waals surface area (Å²) in [5.41, 5.74) is 0. The molecule has 30 heavy (non-hydrogen) atoms. The summed E-state index contributed by atoms with van der Waals surface area (Å²) < 4.78 is 11.4. The number of ether oxygens (including phenoxy) is 2. The standard InChI is InChI=1S/C11H12N2O2.C3H5N3O9/c1-2-4-9-8(3-1)14-7-10(15-9)11-12-5-6-13-11;7-4(8)13-1-3(15-6(11)12)2-14-5(9)10/h1-4,10H,5-7H2,(H,12,13);3H,1-2H2. The summed E-state index contributed by atoms with van der Waals surface area (Å²) in [6.07, 6.45) is -1.63. The number of amidine groups is 1. The first-order valence-electron chi connectivity index (χ1n) is 8.37. The van der Waals surface area contributed by atoms with Gasteiger partial charge in [0.2, 0.25) is 0 Å². The van der Waals surface area contributed by atoms with Crippen LogP contribution in [0.4, 0.5) is 0 Å². The lowest BCUT2D eigenvalue weighted by molar-refractivity contribution is -0.803. The summed E-state index contributed by atoms with van der Waals surface area (Å²) in [6.45, 7) is 0.570. The SMILES string of the molecule is O=[N+]([O-])OCC(CO[N+](=O)[O-])O[N+](=O)[O-].c1ccc2c(c1)OCC(C1=NCCN1)O2. The quantitative estimate of drug-likeness (QED) is 0.399. The second-order valence-electron chi connectivity index (χ2n) is 5.55. The molecule has 16 nitrogen and oxygen atoms in total. The van der Waals surface area contributed by atoms with Gasteiger partial charge in [-0.25, -0.2) is 0 Å². The van der Waals surface area contributed by atoms with Gasteiger partial charge < -0.3 is 29.3 Å². The number of aliphatic imine (C=N–C) groups is 1. The van der Waals surface area contributed by atoms with Gasteiger partial charge in [0.25, 0.3) is 15.3 Å². The fourth-order valence-electron chi connectivity index (χ4n) is 2.30. The molecule has 2 heterocycles. The monoisotopic (exact) mass is 431 g/mol. The Labute approximate surface area is 167 Å². The molecule has 0 aromatic heterocycles. The van der Waals surface area contributed by atoms with Crippen molar-refractivity contribution in [3.8, 4) is 11.5 Å². The van der Waals surface area contributed by atoms with Crippen molar-refractivity contribution in [2.45, 2.75) is 12.2 Å². The van der Waals surface area contributed by atoms with E-state index < -0.39 is 34.6 Å². The van der Waals surface area contributed by atoms with E-state index in [1.807, 2.05) is 24.3 Å². The van der Waals surface area contributed by atoms with E-state index >= 15 is 0 Å². The second-order valence-corrected chi connectivity index (χ2v) is 5.55.